The summed E-state index contributed by atoms with van der Waals surface area (Å²) in [4.78, 5) is 34.4. The van der Waals surface area contributed by atoms with Crippen LogP contribution in [0.25, 0.3) is 0 Å². The van der Waals surface area contributed by atoms with Crippen LogP contribution in [0.2, 0.25) is 0 Å². The molecule has 0 N–H and O–H groups in total. The van der Waals surface area contributed by atoms with Crippen molar-refractivity contribution in [2.24, 2.45) is 0 Å². The van der Waals surface area contributed by atoms with Crippen molar-refractivity contribution in [1.82, 2.24) is 0 Å². The summed E-state index contributed by atoms with van der Waals surface area (Å²) in [5.74, 6) is 3.74. The van der Waals surface area contributed by atoms with Gasteiger partial charge in [-0.15, -0.1) is 0 Å². The maximum absolute atomic E-state index is 12.0. The first kappa shape index (κ1) is 17.7. The van der Waals surface area contributed by atoms with Crippen molar-refractivity contribution in [3.63, 3.8) is 0 Å². The molecule has 2 aromatic rings. The first-order valence-electron chi connectivity index (χ1n) is 7.04. The molecule has 0 aliphatic heterocycles. The summed E-state index contributed by atoms with van der Waals surface area (Å²) in [5, 5.41) is 11.4. The first-order chi connectivity index (χ1) is 12.0. The summed E-state index contributed by atoms with van der Waals surface area (Å²) in [5.41, 5.74) is -0.315. The van der Waals surface area contributed by atoms with E-state index in [0.717, 1.165) is 20.3 Å². The molecule has 7 nitrogen and oxygen atoms in total. The zero-order chi connectivity index (χ0) is 18.4. The Morgan fingerprint density at radius 3 is 2.20 bits per heavy atom. The Hall–Kier alpha value is -3.66. The lowest BCUT2D eigenvalue weighted by Gasteiger charge is -2.07. The van der Waals surface area contributed by atoms with Gasteiger partial charge in [-0.2, -0.15) is 0 Å². The molecule has 0 aromatic heterocycles. The molecule has 0 aliphatic carbocycles. The van der Waals surface area contributed by atoms with Crippen molar-refractivity contribution < 1.29 is 24.0 Å². The van der Waals surface area contributed by atoms with Gasteiger partial charge < -0.3 is 9.47 Å². The minimum atomic E-state index is -0.841. The Kier molecular flexibility index (Phi) is 5.48. The molecule has 126 valence electrons. The molecule has 25 heavy (non-hydrogen) atoms. The fourth-order valence-electron chi connectivity index (χ4n) is 2.06. The van der Waals surface area contributed by atoms with Crippen LogP contribution in [0.1, 0.15) is 31.8 Å². The Labute approximate surface area is 143 Å². The van der Waals surface area contributed by atoms with Crippen molar-refractivity contribution in [2.75, 3.05) is 14.2 Å². The van der Waals surface area contributed by atoms with Crippen molar-refractivity contribution in [3.8, 4) is 11.8 Å². The Bertz CT molecular complexity index is 893. The van der Waals surface area contributed by atoms with E-state index >= 15 is 0 Å². The van der Waals surface area contributed by atoms with Crippen molar-refractivity contribution in [1.29, 1.82) is 0 Å². The van der Waals surface area contributed by atoms with Crippen LogP contribution in [-0.2, 0) is 9.47 Å². The summed E-state index contributed by atoms with van der Waals surface area (Å²) in [6, 6.07) is 11.0. The van der Waals surface area contributed by atoms with Crippen LogP contribution < -0.4 is 0 Å². The molecule has 0 bridgehead atoms. The molecule has 0 radical (unpaired) electrons. The molecule has 2 rings (SSSR count). The quantitative estimate of drug-likeness (QED) is 0.369. The predicted molar refractivity (Wildman–Crippen MR) is 88.2 cm³/mol. The molecule has 0 saturated heterocycles. The third-order valence-corrected chi connectivity index (χ3v) is 3.25. The van der Waals surface area contributed by atoms with Gasteiger partial charge in [0.15, 0.2) is 0 Å². The third-order valence-electron chi connectivity index (χ3n) is 3.25. The van der Waals surface area contributed by atoms with Gasteiger partial charge in [0.25, 0.3) is 5.69 Å². The second kappa shape index (κ2) is 7.75. The monoisotopic (exact) mass is 339 g/mol. The van der Waals surface area contributed by atoms with Crippen LogP contribution in [0.5, 0.6) is 0 Å². The van der Waals surface area contributed by atoms with Gasteiger partial charge in [0, 0.05) is 11.6 Å². The van der Waals surface area contributed by atoms with Crippen LogP contribution in [0, 0.1) is 22.0 Å². The number of nitro groups is 1. The molecule has 0 saturated carbocycles. The van der Waals surface area contributed by atoms with E-state index < -0.39 is 22.5 Å². The van der Waals surface area contributed by atoms with E-state index in [2.05, 4.69) is 21.3 Å². The smallest absolute Gasteiger partial charge is 0.339 e. The molecule has 0 fully saturated rings. The number of esters is 2. The zero-order valence-electron chi connectivity index (χ0n) is 13.4. The van der Waals surface area contributed by atoms with Crippen LogP contribution >= 0.6 is 0 Å². The number of benzene rings is 2. The average Bonchev–Trinajstić information content (AvgIpc) is 2.65. The fraction of sp³-hybridized carbons (Fsp3) is 0.111. The highest BCUT2D eigenvalue weighted by Crippen LogP contribution is 2.25. The Morgan fingerprint density at radius 2 is 1.64 bits per heavy atom. The number of carbonyl (C=O) groups is 2. The third kappa shape index (κ3) is 4.00. The molecule has 0 aliphatic rings. The van der Waals surface area contributed by atoms with Crippen LogP contribution in [-0.4, -0.2) is 31.1 Å². The van der Waals surface area contributed by atoms with Gasteiger partial charge in [0.1, 0.15) is 5.56 Å². The van der Waals surface area contributed by atoms with E-state index in [1.807, 2.05) is 0 Å². The van der Waals surface area contributed by atoms with E-state index in [1.54, 1.807) is 30.3 Å². The first-order valence-corrected chi connectivity index (χ1v) is 7.04. The molecule has 0 amide bonds. The van der Waals surface area contributed by atoms with E-state index in [1.165, 1.54) is 6.07 Å². The molecule has 0 heterocycles. The number of ether oxygens (including phenoxy) is 2. The lowest BCUT2D eigenvalue weighted by Crippen LogP contribution is -2.11. The number of rotatable bonds is 3. The van der Waals surface area contributed by atoms with E-state index in [-0.39, 0.29) is 16.7 Å². The fourth-order valence-corrected chi connectivity index (χ4v) is 2.06. The largest absolute Gasteiger partial charge is 0.465 e. The van der Waals surface area contributed by atoms with Crippen molar-refractivity contribution in [3.05, 3.63) is 74.8 Å². The van der Waals surface area contributed by atoms with Gasteiger partial charge >= 0.3 is 11.9 Å². The highest BCUT2D eigenvalue weighted by atomic mass is 16.6. The van der Waals surface area contributed by atoms with Crippen LogP contribution in [0.4, 0.5) is 5.69 Å². The number of hydrogen-bond acceptors (Lipinski definition) is 6. The summed E-state index contributed by atoms with van der Waals surface area (Å²) in [7, 11) is 2.27. The molecular weight excluding hydrogens is 326 g/mol. The van der Waals surface area contributed by atoms with Gasteiger partial charge in [0.05, 0.1) is 30.3 Å². The molecule has 2 aromatic carbocycles. The number of nitrogens with zero attached hydrogens (tertiary/aromatic N) is 1. The van der Waals surface area contributed by atoms with Gasteiger partial charge in [0.2, 0.25) is 0 Å². The number of methoxy groups -OCH3 is 2. The van der Waals surface area contributed by atoms with Gasteiger partial charge in [-0.1, -0.05) is 30.0 Å². The maximum atomic E-state index is 12.0. The standard InChI is InChI=1S/C18H13NO6/c1-24-17(20)13-10-15(18(21)25-2)14(16(11-13)19(22)23)9-8-12-6-4-3-5-7-12/h3-7,10-11H,1-2H3. The summed E-state index contributed by atoms with van der Waals surface area (Å²) < 4.78 is 9.21. The molecule has 7 heteroatoms. The number of hydrogen-bond donors (Lipinski definition) is 0. The second-order valence-electron chi connectivity index (χ2n) is 4.77. The topological polar surface area (TPSA) is 95.7 Å². The molecular formula is C18H13NO6. The van der Waals surface area contributed by atoms with Gasteiger partial charge in [-0.25, -0.2) is 9.59 Å². The summed E-state index contributed by atoms with van der Waals surface area (Å²) >= 11 is 0. The lowest BCUT2D eigenvalue weighted by atomic mass is 10.0. The van der Waals surface area contributed by atoms with Gasteiger partial charge in [-0.3, -0.25) is 10.1 Å². The molecule has 0 spiro atoms. The van der Waals surface area contributed by atoms with Crippen LogP contribution in [0.15, 0.2) is 42.5 Å². The minimum absolute atomic E-state index is 0.131. The summed E-state index contributed by atoms with van der Waals surface area (Å²) in [6.45, 7) is 0. The maximum Gasteiger partial charge on any atom is 0.339 e. The van der Waals surface area contributed by atoms with E-state index in [0.29, 0.717) is 5.56 Å². The highest BCUT2D eigenvalue weighted by molar-refractivity contribution is 5.99. The predicted octanol–water partition coefficient (Wildman–Crippen LogP) is 2.57. The minimum Gasteiger partial charge on any atom is -0.465 e. The van der Waals surface area contributed by atoms with Crippen LogP contribution in [0.3, 0.4) is 0 Å². The van der Waals surface area contributed by atoms with Crippen molar-refractivity contribution in [2.45, 2.75) is 0 Å². The second-order valence-corrected chi connectivity index (χ2v) is 4.77. The van der Waals surface area contributed by atoms with E-state index in [4.69, 9.17) is 0 Å². The Morgan fingerprint density at radius 1 is 1.00 bits per heavy atom. The molecule has 0 unspecified atom stereocenters. The molecule has 0 atom stereocenters. The summed E-state index contributed by atoms with van der Waals surface area (Å²) in [6.07, 6.45) is 0. The Balaban J connectivity index is 2.71. The SMILES string of the molecule is COC(=O)c1cc(C(=O)OC)c(C#Cc2ccccc2)c([N+](=O)[O-])c1. The zero-order valence-corrected chi connectivity index (χ0v) is 13.4. The van der Waals surface area contributed by atoms with Crippen molar-refractivity contribution >= 4 is 17.6 Å². The average molecular weight is 339 g/mol. The highest BCUT2D eigenvalue weighted by Gasteiger charge is 2.25. The van der Waals surface area contributed by atoms with Gasteiger partial charge in [-0.05, 0) is 18.2 Å². The lowest BCUT2D eigenvalue weighted by molar-refractivity contribution is -0.385. The normalized spacial score (nSPS) is 9.52. The van der Waals surface area contributed by atoms with E-state index in [9.17, 15) is 19.7 Å². The number of carbonyl (C=O) groups excluding carboxylic acids is 2. The number of nitro benzene ring substituents is 1.